The first-order valence-corrected chi connectivity index (χ1v) is 8.28. The standard InChI is InChI=1S/C19H21N5O2/c1-19(2,3)14-7-9-17(10-8-14)26-12-18(25)21-15-5-4-6-16(11-15)24-13-20-22-23-24/h4-11,13H,12H2,1-3H3,(H,21,25). The second-order valence-corrected chi connectivity index (χ2v) is 6.92. The maximum atomic E-state index is 12.1. The van der Waals surface area contributed by atoms with E-state index in [1.807, 2.05) is 36.4 Å². The van der Waals surface area contributed by atoms with Gasteiger partial charge in [-0.1, -0.05) is 39.0 Å². The monoisotopic (exact) mass is 351 g/mol. The van der Waals surface area contributed by atoms with E-state index in [1.165, 1.54) is 16.6 Å². The van der Waals surface area contributed by atoms with E-state index in [0.29, 0.717) is 11.4 Å². The van der Waals surface area contributed by atoms with E-state index in [4.69, 9.17) is 4.74 Å². The van der Waals surface area contributed by atoms with Gasteiger partial charge < -0.3 is 10.1 Å². The van der Waals surface area contributed by atoms with Gasteiger partial charge in [-0.3, -0.25) is 4.79 Å². The lowest BCUT2D eigenvalue weighted by molar-refractivity contribution is -0.118. The third-order valence-electron chi connectivity index (χ3n) is 3.83. The molecule has 3 rings (SSSR count). The number of carbonyl (C=O) groups excluding carboxylic acids is 1. The number of rotatable bonds is 5. The highest BCUT2D eigenvalue weighted by Gasteiger charge is 2.13. The van der Waals surface area contributed by atoms with Crippen molar-refractivity contribution in [1.82, 2.24) is 20.2 Å². The van der Waals surface area contributed by atoms with Crippen LogP contribution in [0.1, 0.15) is 26.3 Å². The van der Waals surface area contributed by atoms with Crippen LogP contribution in [-0.2, 0) is 10.2 Å². The molecular formula is C19H21N5O2. The highest BCUT2D eigenvalue weighted by atomic mass is 16.5. The lowest BCUT2D eigenvalue weighted by Gasteiger charge is -2.19. The van der Waals surface area contributed by atoms with Crippen molar-refractivity contribution in [3.05, 3.63) is 60.4 Å². The van der Waals surface area contributed by atoms with Gasteiger partial charge >= 0.3 is 0 Å². The topological polar surface area (TPSA) is 81.9 Å². The first-order chi connectivity index (χ1) is 12.4. The van der Waals surface area contributed by atoms with E-state index >= 15 is 0 Å². The van der Waals surface area contributed by atoms with Gasteiger partial charge in [-0.25, -0.2) is 4.68 Å². The quantitative estimate of drug-likeness (QED) is 0.764. The molecule has 0 aliphatic carbocycles. The SMILES string of the molecule is CC(C)(C)c1ccc(OCC(=O)Nc2cccc(-n3cnnn3)c2)cc1. The Labute approximate surface area is 152 Å². The molecule has 2 aromatic carbocycles. The van der Waals surface area contributed by atoms with Gasteiger partial charge in [0.1, 0.15) is 12.1 Å². The van der Waals surface area contributed by atoms with E-state index in [1.54, 1.807) is 12.1 Å². The lowest BCUT2D eigenvalue weighted by atomic mass is 9.87. The molecule has 1 N–H and O–H groups in total. The number of hydrogen-bond donors (Lipinski definition) is 1. The van der Waals surface area contributed by atoms with Crippen LogP contribution in [0.25, 0.3) is 5.69 Å². The van der Waals surface area contributed by atoms with Gasteiger partial charge in [0.2, 0.25) is 0 Å². The van der Waals surface area contributed by atoms with Gasteiger partial charge in [-0.2, -0.15) is 0 Å². The summed E-state index contributed by atoms with van der Waals surface area (Å²) >= 11 is 0. The largest absolute Gasteiger partial charge is 0.484 e. The van der Waals surface area contributed by atoms with Crippen LogP contribution in [0.3, 0.4) is 0 Å². The Balaban J connectivity index is 1.57. The van der Waals surface area contributed by atoms with Crippen LogP contribution in [0, 0.1) is 0 Å². The van der Waals surface area contributed by atoms with Crippen LogP contribution < -0.4 is 10.1 Å². The van der Waals surface area contributed by atoms with Crippen molar-refractivity contribution < 1.29 is 9.53 Å². The predicted octanol–water partition coefficient (Wildman–Crippen LogP) is 2.98. The minimum atomic E-state index is -0.237. The van der Waals surface area contributed by atoms with Crippen molar-refractivity contribution >= 4 is 11.6 Å². The number of aromatic nitrogens is 4. The Hall–Kier alpha value is -3.22. The zero-order valence-electron chi connectivity index (χ0n) is 15.0. The second-order valence-electron chi connectivity index (χ2n) is 6.92. The van der Waals surface area contributed by atoms with Gasteiger partial charge in [0.25, 0.3) is 5.91 Å². The molecule has 134 valence electrons. The van der Waals surface area contributed by atoms with Crippen LogP contribution >= 0.6 is 0 Å². The van der Waals surface area contributed by atoms with E-state index in [2.05, 4.69) is 41.6 Å². The zero-order valence-corrected chi connectivity index (χ0v) is 15.0. The summed E-state index contributed by atoms with van der Waals surface area (Å²) in [5.74, 6) is 0.425. The number of nitrogens with zero attached hydrogens (tertiary/aromatic N) is 4. The summed E-state index contributed by atoms with van der Waals surface area (Å²) < 4.78 is 7.08. The highest BCUT2D eigenvalue weighted by molar-refractivity contribution is 5.92. The highest BCUT2D eigenvalue weighted by Crippen LogP contribution is 2.24. The fourth-order valence-corrected chi connectivity index (χ4v) is 2.40. The minimum absolute atomic E-state index is 0.0655. The number of nitrogens with one attached hydrogen (secondary N) is 1. The van der Waals surface area contributed by atoms with Crippen LogP contribution in [0.15, 0.2) is 54.9 Å². The summed E-state index contributed by atoms with van der Waals surface area (Å²) in [5, 5.41) is 13.8. The summed E-state index contributed by atoms with van der Waals surface area (Å²) in [6.07, 6.45) is 1.49. The van der Waals surface area contributed by atoms with Crippen molar-refractivity contribution in [1.29, 1.82) is 0 Å². The molecule has 0 saturated heterocycles. The third kappa shape index (κ3) is 4.44. The summed E-state index contributed by atoms with van der Waals surface area (Å²) in [6.45, 7) is 6.39. The Morgan fingerprint density at radius 3 is 2.58 bits per heavy atom. The smallest absolute Gasteiger partial charge is 0.262 e. The molecule has 1 amide bonds. The Kier molecular flexibility index (Phi) is 4.97. The van der Waals surface area contributed by atoms with Crippen LogP contribution in [-0.4, -0.2) is 32.7 Å². The van der Waals surface area contributed by atoms with Gasteiger partial charge in [0.15, 0.2) is 6.61 Å². The normalized spacial score (nSPS) is 11.2. The van der Waals surface area contributed by atoms with Crippen molar-refractivity contribution in [2.75, 3.05) is 11.9 Å². The molecule has 0 aliphatic heterocycles. The molecule has 1 aromatic heterocycles. The van der Waals surface area contributed by atoms with Gasteiger partial charge in [-0.15, -0.1) is 5.10 Å². The van der Waals surface area contributed by atoms with Gasteiger partial charge in [0, 0.05) is 5.69 Å². The number of amides is 1. The third-order valence-corrected chi connectivity index (χ3v) is 3.83. The molecule has 7 nitrogen and oxygen atoms in total. The summed E-state index contributed by atoms with van der Waals surface area (Å²) in [6, 6.07) is 15.0. The van der Waals surface area contributed by atoms with Crippen molar-refractivity contribution in [2.45, 2.75) is 26.2 Å². The fraction of sp³-hybridized carbons (Fsp3) is 0.263. The fourth-order valence-electron chi connectivity index (χ4n) is 2.40. The average molecular weight is 351 g/mol. The minimum Gasteiger partial charge on any atom is -0.484 e. The predicted molar refractivity (Wildman–Crippen MR) is 98.4 cm³/mol. The van der Waals surface area contributed by atoms with Crippen molar-refractivity contribution in [3.8, 4) is 11.4 Å². The zero-order chi connectivity index (χ0) is 18.6. The maximum Gasteiger partial charge on any atom is 0.262 e. The molecule has 0 aliphatic rings. The van der Waals surface area contributed by atoms with Crippen LogP contribution in [0.5, 0.6) is 5.75 Å². The summed E-state index contributed by atoms with van der Waals surface area (Å²) in [4.78, 5) is 12.1. The van der Waals surface area contributed by atoms with E-state index in [9.17, 15) is 4.79 Å². The summed E-state index contributed by atoms with van der Waals surface area (Å²) in [5.41, 5.74) is 2.70. The van der Waals surface area contributed by atoms with Gasteiger partial charge in [-0.05, 0) is 51.7 Å². The number of carbonyl (C=O) groups is 1. The molecule has 3 aromatic rings. The van der Waals surface area contributed by atoms with Gasteiger partial charge in [0.05, 0.1) is 5.69 Å². The molecule has 7 heteroatoms. The molecule has 26 heavy (non-hydrogen) atoms. The number of anilines is 1. The molecule has 0 unspecified atom stereocenters. The first-order valence-electron chi connectivity index (χ1n) is 8.28. The molecule has 0 fully saturated rings. The van der Waals surface area contributed by atoms with E-state index in [-0.39, 0.29) is 17.9 Å². The molecule has 0 saturated carbocycles. The Morgan fingerprint density at radius 2 is 1.92 bits per heavy atom. The maximum absolute atomic E-state index is 12.1. The summed E-state index contributed by atoms with van der Waals surface area (Å²) in [7, 11) is 0. The lowest BCUT2D eigenvalue weighted by Crippen LogP contribution is -2.20. The Bertz CT molecular complexity index is 868. The number of tetrazole rings is 1. The van der Waals surface area contributed by atoms with Crippen molar-refractivity contribution in [2.24, 2.45) is 0 Å². The number of ether oxygens (including phenoxy) is 1. The number of benzene rings is 2. The molecular weight excluding hydrogens is 330 g/mol. The van der Waals surface area contributed by atoms with Crippen LogP contribution in [0.2, 0.25) is 0 Å². The number of hydrogen-bond acceptors (Lipinski definition) is 5. The second kappa shape index (κ2) is 7.35. The van der Waals surface area contributed by atoms with E-state index in [0.717, 1.165) is 5.69 Å². The first kappa shape index (κ1) is 17.6. The molecule has 0 bridgehead atoms. The molecule has 1 heterocycles. The molecule has 0 radical (unpaired) electrons. The molecule has 0 atom stereocenters. The van der Waals surface area contributed by atoms with E-state index < -0.39 is 0 Å². The van der Waals surface area contributed by atoms with Crippen LogP contribution in [0.4, 0.5) is 5.69 Å². The Morgan fingerprint density at radius 1 is 1.15 bits per heavy atom. The molecule has 0 spiro atoms. The van der Waals surface area contributed by atoms with Crippen molar-refractivity contribution in [3.63, 3.8) is 0 Å². The average Bonchev–Trinajstić information content (AvgIpc) is 3.14.